The highest BCUT2D eigenvalue weighted by atomic mass is 32.1. The molecule has 2 nitrogen and oxygen atoms in total. The highest BCUT2D eigenvalue weighted by Gasteiger charge is 2.20. The zero-order valence-electron chi connectivity index (χ0n) is 11.1. The van der Waals surface area contributed by atoms with Gasteiger partial charge in [-0.05, 0) is 55.5 Å². The van der Waals surface area contributed by atoms with E-state index >= 15 is 0 Å². The van der Waals surface area contributed by atoms with Gasteiger partial charge >= 0.3 is 0 Å². The van der Waals surface area contributed by atoms with Gasteiger partial charge in [-0.1, -0.05) is 12.1 Å². The monoisotopic (exact) mass is 274 g/mol. The summed E-state index contributed by atoms with van der Waals surface area (Å²) in [5.41, 5.74) is 2.34. The van der Waals surface area contributed by atoms with Crippen LogP contribution in [0.2, 0.25) is 0 Å². The first-order chi connectivity index (χ1) is 9.28. The van der Waals surface area contributed by atoms with Crippen molar-refractivity contribution in [3.8, 4) is 5.75 Å². The Labute approximate surface area is 117 Å². The molecule has 1 heterocycles. The van der Waals surface area contributed by atoms with E-state index in [2.05, 4.69) is 6.07 Å². The predicted molar refractivity (Wildman–Crippen MR) is 78.0 cm³/mol. The van der Waals surface area contributed by atoms with Gasteiger partial charge in [-0.2, -0.15) is 0 Å². The normalized spacial score (nSPS) is 15.3. The van der Waals surface area contributed by atoms with Crippen molar-refractivity contribution < 1.29 is 9.84 Å². The second kappa shape index (κ2) is 5.35. The van der Waals surface area contributed by atoms with Crippen LogP contribution in [0.25, 0.3) is 0 Å². The Morgan fingerprint density at radius 1 is 1.32 bits per heavy atom. The Morgan fingerprint density at radius 3 is 3.00 bits per heavy atom. The fourth-order valence-corrected chi connectivity index (χ4v) is 3.86. The van der Waals surface area contributed by atoms with E-state index in [1.165, 1.54) is 23.3 Å². The SMILES string of the molecule is CCOc1cccc(C(O)c2cc3c(s2)CCC3)c1. The molecule has 1 aromatic carbocycles. The lowest BCUT2D eigenvalue weighted by atomic mass is 10.1. The van der Waals surface area contributed by atoms with Gasteiger partial charge in [0, 0.05) is 9.75 Å². The predicted octanol–water partition coefficient (Wildman–Crippen LogP) is 3.72. The summed E-state index contributed by atoms with van der Waals surface area (Å²) < 4.78 is 5.49. The summed E-state index contributed by atoms with van der Waals surface area (Å²) in [6, 6.07) is 9.92. The molecule has 1 aliphatic carbocycles. The fraction of sp³-hybridized carbons (Fsp3) is 0.375. The van der Waals surface area contributed by atoms with Gasteiger partial charge in [0.25, 0.3) is 0 Å². The van der Waals surface area contributed by atoms with Crippen LogP contribution in [0.5, 0.6) is 5.75 Å². The molecule has 0 spiro atoms. The number of aliphatic hydroxyl groups is 1. The summed E-state index contributed by atoms with van der Waals surface area (Å²) in [6.07, 6.45) is 3.07. The van der Waals surface area contributed by atoms with Crippen LogP contribution < -0.4 is 4.74 Å². The van der Waals surface area contributed by atoms with Crippen molar-refractivity contribution in [2.45, 2.75) is 32.3 Å². The van der Waals surface area contributed by atoms with Crippen LogP contribution in [-0.2, 0) is 12.8 Å². The Morgan fingerprint density at radius 2 is 2.21 bits per heavy atom. The molecule has 0 amide bonds. The number of ether oxygens (including phenoxy) is 1. The minimum atomic E-state index is -0.531. The third-order valence-electron chi connectivity index (χ3n) is 3.52. The van der Waals surface area contributed by atoms with Crippen molar-refractivity contribution in [3.63, 3.8) is 0 Å². The minimum absolute atomic E-state index is 0.531. The maximum absolute atomic E-state index is 10.5. The first-order valence-corrected chi connectivity index (χ1v) is 7.62. The van der Waals surface area contributed by atoms with Gasteiger partial charge in [-0.3, -0.25) is 0 Å². The molecule has 100 valence electrons. The molecule has 1 N–H and O–H groups in total. The van der Waals surface area contributed by atoms with E-state index < -0.39 is 6.10 Å². The number of aliphatic hydroxyl groups excluding tert-OH is 1. The van der Waals surface area contributed by atoms with Crippen LogP contribution in [0, 0.1) is 0 Å². The van der Waals surface area contributed by atoms with Crippen molar-refractivity contribution in [1.82, 2.24) is 0 Å². The molecule has 0 aliphatic heterocycles. The minimum Gasteiger partial charge on any atom is -0.494 e. The Kier molecular flexibility index (Phi) is 3.58. The van der Waals surface area contributed by atoms with Crippen LogP contribution >= 0.6 is 11.3 Å². The lowest BCUT2D eigenvalue weighted by molar-refractivity contribution is 0.223. The van der Waals surface area contributed by atoms with E-state index in [9.17, 15) is 5.11 Å². The van der Waals surface area contributed by atoms with Gasteiger partial charge in [0.2, 0.25) is 0 Å². The van der Waals surface area contributed by atoms with E-state index in [1.54, 1.807) is 11.3 Å². The lowest BCUT2D eigenvalue weighted by Gasteiger charge is -2.11. The topological polar surface area (TPSA) is 29.5 Å². The molecule has 0 saturated carbocycles. The van der Waals surface area contributed by atoms with Gasteiger partial charge in [0.15, 0.2) is 0 Å². The third kappa shape index (κ3) is 2.53. The molecule has 1 atom stereocenters. The summed E-state index contributed by atoms with van der Waals surface area (Å²) in [7, 11) is 0. The molecular formula is C16H18O2S. The summed E-state index contributed by atoms with van der Waals surface area (Å²) in [5, 5.41) is 10.5. The van der Waals surface area contributed by atoms with Crippen LogP contribution in [0.1, 0.15) is 40.3 Å². The number of thiophene rings is 1. The molecule has 3 heteroatoms. The van der Waals surface area contributed by atoms with Crippen LogP contribution in [0.15, 0.2) is 30.3 Å². The fourth-order valence-electron chi connectivity index (χ4n) is 2.59. The van der Waals surface area contributed by atoms with Gasteiger partial charge in [-0.15, -0.1) is 11.3 Å². The summed E-state index contributed by atoms with van der Waals surface area (Å²) in [5.74, 6) is 0.822. The molecule has 0 bridgehead atoms. The number of hydrogen-bond donors (Lipinski definition) is 1. The first kappa shape index (κ1) is 12.7. The maximum Gasteiger partial charge on any atom is 0.119 e. The van der Waals surface area contributed by atoms with E-state index in [-0.39, 0.29) is 0 Å². The largest absolute Gasteiger partial charge is 0.494 e. The van der Waals surface area contributed by atoms with Gasteiger partial charge in [0.05, 0.1) is 6.61 Å². The highest BCUT2D eigenvalue weighted by molar-refractivity contribution is 7.12. The third-order valence-corrected chi connectivity index (χ3v) is 4.81. The molecule has 1 aromatic heterocycles. The standard InChI is InChI=1S/C16H18O2S/c1-2-18-13-7-3-6-12(9-13)16(17)15-10-11-5-4-8-14(11)19-15/h3,6-7,9-10,16-17H,2,4-5,8H2,1H3. The first-order valence-electron chi connectivity index (χ1n) is 6.80. The zero-order chi connectivity index (χ0) is 13.2. The average molecular weight is 274 g/mol. The molecule has 2 aromatic rings. The Hall–Kier alpha value is -1.32. The van der Waals surface area contributed by atoms with E-state index in [4.69, 9.17) is 4.74 Å². The zero-order valence-corrected chi connectivity index (χ0v) is 11.9. The molecule has 0 fully saturated rings. The molecule has 1 aliphatic rings. The van der Waals surface area contributed by atoms with Crippen LogP contribution in [0.4, 0.5) is 0 Å². The molecule has 3 rings (SSSR count). The van der Waals surface area contributed by atoms with Crippen molar-refractivity contribution >= 4 is 11.3 Å². The number of hydrogen-bond acceptors (Lipinski definition) is 3. The molecular weight excluding hydrogens is 256 g/mol. The summed E-state index contributed by atoms with van der Waals surface area (Å²) in [4.78, 5) is 2.51. The lowest BCUT2D eigenvalue weighted by Crippen LogP contribution is -1.99. The number of rotatable bonds is 4. The summed E-state index contributed by atoms with van der Waals surface area (Å²) >= 11 is 1.75. The molecule has 1 unspecified atom stereocenters. The van der Waals surface area contributed by atoms with Crippen molar-refractivity contribution in [1.29, 1.82) is 0 Å². The van der Waals surface area contributed by atoms with Crippen LogP contribution in [0.3, 0.4) is 0 Å². The van der Waals surface area contributed by atoms with Crippen molar-refractivity contribution in [2.24, 2.45) is 0 Å². The molecule has 0 saturated heterocycles. The van der Waals surface area contributed by atoms with Gasteiger partial charge in [0.1, 0.15) is 11.9 Å². The van der Waals surface area contributed by atoms with E-state index in [0.29, 0.717) is 6.61 Å². The molecule has 19 heavy (non-hydrogen) atoms. The second-order valence-corrected chi connectivity index (χ2v) is 6.03. The van der Waals surface area contributed by atoms with E-state index in [0.717, 1.165) is 22.6 Å². The van der Waals surface area contributed by atoms with Crippen molar-refractivity contribution in [3.05, 3.63) is 51.2 Å². The highest BCUT2D eigenvalue weighted by Crippen LogP contribution is 2.36. The average Bonchev–Trinajstić information content (AvgIpc) is 2.99. The quantitative estimate of drug-likeness (QED) is 0.920. The van der Waals surface area contributed by atoms with Gasteiger partial charge < -0.3 is 9.84 Å². The maximum atomic E-state index is 10.5. The Bertz CT molecular complexity index is 552. The summed E-state index contributed by atoms with van der Waals surface area (Å²) in [6.45, 7) is 2.61. The van der Waals surface area contributed by atoms with Crippen LogP contribution in [-0.4, -0.2) is 11.7 Å². The van der Waals surface area contributed by atoms with Gasteiger partial charge in [-0.25, -0.2) is 0 Å². The Balaban J connectivity index is 1.86. The van der Waals surface area contributed by atoms with E-state index in [1.807, 2.05) is 31.2 Å². The number of benzene rings is 1. The smallest absolute Gasteiger partial charge is 0.119 e. The number of fused-ring (bicyclic) bond motifs is 1. The second-order valence-electron chi connectivity index (χ2n) is 4.86. The number of aryl methyl sites for hydroxylation is 2. The molecule has 0 radical (unpaired) electrons. The van der Waals surface area contributed by atoms with Crippen molar-refractivity contribution in [2.75, 3.05) is 6.61 Å².